The molecule has 0 aliphatic rings. The molecule has 0 atom stereocenters. The maximum absolute atomic E-state index is 12.2. The van der Waals surface area contributed by atoms with Crippen molar-refractivity contribution in [3.8, 4) is 11.3 Å². The predicted octanol–water partition coefficient (Wildman–Crippen LogP) is 2.82. The van der Waals surface area contributed by atoms with Gasteiger partial charge >= 0.3 is 4.87 Å². The number of nitrogens with zero attached hydrogens (tertiary/aromatic N) is 2. The Morgan fingerprint density at radius 2 is 2.04 bits per heavy atom. The van der Waals surface area contributed by atoms with Gasteiger partial charge in [-0.3, -0.25) is 19.5 Å². The Morgan fingerprint density at radius 3 is 2.70 bits per heavy atom. The Kier molecular flexibility index (Phi) is 4.12. The van der Waals surface area contributed by atoms with Crippen molar-refractivity contribution in [1.29, 1.82) is 0 Å². The SMILES string of the molecule is Cc1cc(NC(=O)Cn2c(-c3ccccc3)c(C)sc2=O)on1. The number of hydrogen-bond acceptors (Lipinski definition) is 5. The Morgan fingerprint density at radius 1 is 1.30 bits per heavy atom. The van der Waals surface area contributed by atoms with Gasteiger partial charge in [0, 0.05) is 10.9 Å². The maximum atomic E-state index is 12.2. The molecule has 1 aromatic carbocycles. The summed E-state index contributed by atoms with van der Waals surface area (Å²) in [6, 6.07) is 11.2. The molecule has 0 aliphatic carbocycles. The Balaban J connectivity index is 1.88. The van der Waals surface area contributed by atoms with E-state index in [-0.39, 0.29) is 23.2 Å². The lowest BCUT2D eigenvalue weighted by Gasteiger charge is -2.08. The van der Waals surface area contributed by atoms with E-state index in [2.05, 4.69) is 10.5 Å². The first-order chi connectivity index (χ1) is 11.0. The van der Waals surface area contributed by atoms with Crippen LogP contribution in [-0.2, 0) is 11.3 Å². The number of nitrogens with one attached hydrogen (secondary N) is 1. The van der Waals surface area contributed by atoms with Crippen molar-refractivity contribution in [2.24, 2.45) is 0 Å². The third-order valence-corrected chi connectivity index (χ3v) is 4.20. The van der Waals surface area contributed by atoms with E-state index in [0.29, 0.717) is 5.69 Å². The van der Waals surface area contributed by atoms with Crippen LogP contribution in [0.2, 0.25) is 0 Å². The predicted molar refractivity (Wildman–Crippen MR) is 88.6 cm³/mol. The molecule has 2 heterocycles. The molecule has 3 aromatic rings. The van der Waals surface area contributed by atoms with Gasteiger partial charge in [0.25, 0.3) is 0 Å². The molecule has 118 valence electrons. The molecular weight excluding hydrogens is 314 g/mol. The van der Waals surface area contributed by atoms with Crippen LogP contribution in [-0.4, -0.2) is 15.6 Å². The molecule has 2 aromatic heterocycles. The summed E-state index contributed by atoms with van der Waals surface area (Å²) in [7, 11) is 0. The van der Waals surface area contributed by atoms with Crippen molar-refractivity contribution in [2.75, 3.05) is 5.32 Å². The van der Waals surface area contributed by atoms with Gasteiger partial charge in [-0.2, -0.15) is 0 Å². The van der Waals surface area contributed by atoms with Gasteiger partial charge in [0.05, 0.1) is 11.4 Å². The molecule has 6 nitrogen and oxygen atoms in total. The molecule has 0 saturated carbocycles. The summed E-state index contributed by atoms with van der Waals surface area (Å²) in [5.74, 6) is -0.0630. The van der Waals surface area contributed by atoms with Crippen molar-refractivity contribution in [2.45, 2.75) is 20.4 Å². The van der Waals surface area contributed by atoms with Gasteiger partial charge < -0.3 is 4.52 Å². The second-order valence-corrected chi connectivity index (χ2v) is 6.27. The van der Waals surface area contributed by atoms with Gasteiger partial charge in [-0.25, -0.2) is 0 Å². The van der Waals surface area contributed by atoms with E-state index in [4.69, 9.17) is 4.52 Å². The van der Waals surface area contributed by atoms with Crippen LogP contribution >= 0.6 is 11.3 Å². The number of benzene rings is 1. The molecule has 7 heteroatoms. The molecule has 0 radical (unpaired) electrons. The van der Waals surface area contributed by atoms with Gasteiger partial charge in [0.2, 0.25) is 11.8 Å². The molecule has 0 spiro atoms. The molecule has 0 fully saturated rings. The maximum Gasteiger partial charge on any atom is 0.308 e. The van der Waals surface area contributed by atoms with E-state index in [0.717, 1.165) is 27.5 Å². The fraction of sp³-hybridized carbons (Fsp3) is 0.188. The summed E-state index contributed by atoms with van der Waals surface area (Å²) in [5, 5.41) is 6.31. The highest BCUT2D eigenvalue weighted by atomic mass is 32.1. The first kappa shape index (κ1) is 15.2. The van der Waals surface area contributed by atoms with Crippen LogP contribution in [0.25, 0.3) is 11.3 Å². The second-order valence-electron chi connectivity index (χ2n) is 5.11. The lowest BCUT2D eigenvalue weighted by molar-refractivity contribution is -0.116. The summed E-state index contributed by atoms with van der Waals surface area (Å²) in [6.45, 7) is 3.56. The number of aromatic nitrogens is 2. The van der Waals surface area contributed by atoms with Crippen LogP contribution in [0.5, 0.6) is 0 Å². The number of amides is 1. The van der Waals surface area contributed by atoms with Crippen LogP contribution < -0.4 is 10.2 Å². The lowest BCUT2D eigenvalue weighted by Crippen LogP contribution is -2.24. The van der Waals surface area contributed by atoms with Crippen molar-refractivity contribution >= 4 is 23.1 Å². The summed E-state index contributed by atoms with van der Waals surface area (Å²) in [4.78, 5) is 25.1. The highest BCUT2D eigenvalue weighted by Gasteiger charge is 2.17. The normalized spacial score (nSPS) is 10.7. The van der Waals surface area contributed by atoms with Gasteiger partial charge in [-0.1, -0.05) is 46.8 Å². The molecule has 1 N–H and O–H groups in total. The fourth-order valence-corrected chi connectivity index (χ4v) is 3.21. The molecule has 23 heavy (non-hydrogen) atoms. The quantitative estimate of drug-likeness (QED) is 0.798. The number of thiazole rings is 1. The zero-order chi connectivity index (χ0) is 16.4. The van der Waals surface area contributed by atoms with Crippen LogP contribution in [0.3, 0.4) is 0 Å². The Bertz CT molecular complexity index is 893. The number of anilines is 1. The highest BCUT2D eigenvalue weighted by molar-refractivity contribution is 7.09. The molecule has 0 aliphatic heterocycles. The summed E-state index contributed by atoms with van der Waals surface area (Å²) in [6.07, 6.45) is 0. The molecule has 1 amide bonds. The van der Waals surface area contributed by atoms with Crippen LogP contribution in [0.15, 0.2) is 45.7 Å². The van der Waals surface area contributed by atoms with Crippen LogP contribution in [0.1, 0.15) is 10.6 Å². The third-order valence-electron chi connectivity index (χ3n) is 3.30. The Hall–Kier alpha value is -2.67. The summed E-state index contributed by atoms with van der Waals surface area (Å²) >= 11 is 1.13. The van der Waals surface area contributed by atoms with Gasteiger partial charge in [-0.05, 0) is 19.4 Å². The number of carbonyl (C=O) groups is 1. The first-order valence-electron chi connectivity index (χ1n) is 7.03. The first-order valence-corrected chi connectivity index (χ1v) is 7.85. The number of rotatable bonds is 4. The monoisotopic (exact) mass is 329 g/mol. The zero-order valence-corrected chi connectivity index (χ0v) is 13.5. The minimum atomic E-state index is -0.335. The van der Waals surface area contributed by atoms with E-state index in [1.165, 1.54) is 4.57 Å². The fourth-order valence-electron chi connectivity index (χ4n) is 2.36. The van der Waals surface area contributed by atoms with Gasteiger partial charge in [-0.15, -0.1) is 0 Å². The number of hydrogen-bond donors (Lipinski definition) is 1. The molecular formula is C16H15N3O3S. The van der Waals surface area contributed by atoms with Crippen molar-refractivity contribution in [1.82, 2.24) is 9.72 Å². The van der Waals surface area contributed by atoms with E-state index >= 15 is 0 Å². The second kappa shape index (κ2) is 6.21. The topological polar surface area (TPSA) is 77.1 Å². The van der Waals surface area contributed by atoms with E-state index in [1.807, 2.05) is 37.3 Å². The molecule has 0 bridgehead atoms. The van der Waals surface area contributed by atoms with Crippen LogP contribution in [0, 0.1) is 13.8 Å². The van der Waals surface area contributed by atoms with E-state index in [9.17, 15) is 9.59 Å². The van der Waals surface area contributed by atoms with Crippen molar-refractivity contribution in [3.63, 3.8) is 0 Å². The van der Waals surface area contributed by atoms with Crippen LogP contribution in [0.4, 0.5) is 5.88 Å². The zero-order valence-electron chi connectivity index (χ0n) is 12.7. The summed E-state index contributed by atoms with van der Waals surface area (Å²) in [5.41, 5.74) is 2.35. The Labute approximate surface area is 136 Å². The summed E-state index contributed by atoms with van der Waals surface area (Å²) < 4.78 is 6.44. The van der Waals surface area contributed by atoms with Gasteiger partial charge in [0.1, 0.15) is 6.54 Å². The van der Waals surface area contributed by atoms with Gasteiger partial charge in [0.15, 0.2) is 0 Å². The standard InChI is InChI=1S/C16H15N3O3S/c1-10-8-14(22-18-10)17-13(20)9-19-15(11(2)23-16(19)21)12-6-4-3-5-7-12/h3-8H,9H2,1-2H3,(H,17,20). The molecule has 3 rings (SSSR count). The van der Waals surface area contributed by atoms with Crippen molar-refractivity contribution in [3.05, 3.63) is 56.6 Å². The average molecular weight is 329 g/mol. The smallest absolute Gasteiger partial charge is 0.308 e. The molecule has 0 unspecified atom stereocenters. The largest absolute Gasteiger partial charge is 0.338 e. The number of aryl methyl sites for hydroxylation is 2. The average Bonchev–Trinajstić information content (AvgIpc) is 3.03. The minimum Gasteiger partial charge on any atom is -0.338 e. The third kappa shape index (κ3) is 3.24. The van der Waals surface area contributed by atoms with E-state index < -0.39 is 0 Å². The molecule has 0 saturated heterocycles. The minimum absolute atomic E-state index is 0.0762. The number of carbonyl (C=O) groups excluding carboxylic acids is 1. The lowest BCUT2D eigenvalue weighted by atomic mass is 10.1. The van der Waals surface area contributed by atoms with E-state index in [1.54, 1.807) is 13.0 Å². The highest BCUT2D eigenvalue weighted by Crippen LogP contribution is 2.24. The van der Waals surface area contributed by atoms with Crippen molar-refractivity contribution < 1.29 is 9.32 Å².